The van der Waals surface area contributed by atoms with Crippen LogP contribution in [0.15, 0.2) is 12.7 Å². The van der Waals surface area contributed by atoms with E-state index in [0.717, 1.165) is 0 Å². The van der Waals surface area contributed by atoms with Gasteiger partial charge in [0.2, 0.25) is 0 Å². The van der Waals surface area contributed by atoms with Crippen molar-refractivity contribution in [3.63, 3.8) is 0 Å². The number of allylic oxidation sites excluding steroid dienone is 1. The molecular weight excluding hydrogens is 120 g/mol. The molecule has 0 aliphatic heterocycles. The molecule has 0 atom stereocenters. The largest absolute Gasteiger partial charge is 0.503 e. The maximum absolute atomic E-state index is 8.56. The monoisotopic (exact) mass is 134 g/mol. The molecule has 0 spiro atoms. The highest BCUT2D eigenvalue weighted by molar-refractivity contribution is 5.53. The molecule has 0 heterocycles. The van der Waals surface area contributed by atoms with Gasteiger partial charge in [-0.3, -0.25) is 0 Å². The first-order valence-electron chi connectivity index (χ1n) is 2.64. The van der Waals surface area contributed by atoms with Crippen LogP contribution in [0, 0.1) is 0 Å². The van der Waals surface area contributed by atoms with Crippen molar-refractivity contribution in [3.05, 3.63) is 12.7 Å². The molecule has 0 aromatic heterocycles. The smallest absolute Gasteiger partial charge is 0.450 e. The van der Waals surface area contributed by atoms with Gasteiger partial charge in [0.25, 0.3) is 0 Å². The molecule has 0 aliphatic rings. The first kappa shape index (κ1) is 15.7. The Hall–Kier alpha value is -0.990. The molecule has 3 nitrogen and oxygen atoms in total. The lowest BCUT2D eigenvalue weighted by molar-refractivity contribution is 0.137. The summed E-state index contributed by atoms with van der Waals surface area (Å²) in [5.74, 6) is 0. The molecule has 0 saturated heterocycles. The van der Waals surface area contributed by atoms with E-state index in [1.165, 1.54) is 0 Å². The highest BCUT2D eigenvalue weighted by Crippen LogP contribution is 1.42. The Morgan fingerprint density at radius 2 is 1.44 bits per heavy atom. The summed E-state index contributed by atoms with van der Waals surface area (Å²) in [6.07, 6.45) is -0.0833. The van der Waals surface area contributed by atoms with Crippen molar-refractivity contribution in [2.45, 2.75) is 20.8 Å². The second kappa shape index (κ2) is 27.9. The van der Waals surface area contributed by atoms with Crippen LogP contribution in [0.1, 0.15) is 20.8 Å². The molecule has 3 heteroatoms. The lowest BCUT2D eigenvalue weighted by Crippen LogP contribution is -1.81. The summed E-state index contributed by atoms with van der Waals surface area (Å²) in [5, 5.41) is 13.9. The van der Waals surface area contributed by atoms with Gasteiger partial charge in [-0.05, 0) is 6.92 Å². The SMILES string of the molecule is C=CC.CC.O=C(O)O. The second-order valence-electron chi connectivity index (χ2n) is 0.691. The third kappa shape index (κ3) is 180. The Morgan fingerprint density at radius 3 is 1.44 bits per heavy atom. The average molecular weight is 134 g/mol. The van der Waals surface area contributed by atoms with Gasteiger partial charge in [0.15, 0.2) is 0 Å². The van der Waals surface area contributed by atoms with Crippen molar-refractivity contribution >= 4 is 6.16 Å². The van der Waals surface area contributed by atoms with Gasteiger partial charge in [-0.15, -0.1) is 6.58 Å². The fraction of sp³-hybridized carbons (Fsp3) is 0.500. The van der Waals surface area contributed by atoms with Crippen molar-refractivity contribution in [2.75, 3.05) is 0 Å². The van der Waals surface area contributed by atoms with Gasteiger partial charge in [-0.25, -0.2) is 4.79 Å². The highest BCUT2D eigenvalue weighted by Gasteiger charge is 1.70. The summed E-state index contributed by atoms with van der Waals surface area (Å²) in [4.78, 5) is 8.56. The van der Waals surface area contributed by atoms with Gasteiger partial charge in [0.1, 0.15) is 0 Å². The van der Waals surface area contributed by atoms with E-state index in [0.29, 0.717) is 0 Å². The lowest BCUT2D eigenvalue weighted by Gasteiger charge is -1.60. The fourth-order valence-corrected chi connectivity index (χ4v) is 0. The normalized spacial score (nSPS) is 4.78. The molecule has 0 radical (unpaired) electrons. The molecule has 56 valence electrons. The molecule has 0 saturated carbocycles. The predicted molar refractivity (Wildman–Crippen MR) is 37.9 cm³/mol. The maximum atomic E-state index is 8.56. The van der Waals surface area contributed by atoms with Crippen LogP contribution in [-0.4, -0.2) is 16.4 Å². The number of rotatable bonds is 0. The van der Waals surface area contributed by atoms with Crippen molar-refractivity contribution in [1.29, 1.82) is 0 Å². The molecule has 0 aromatic rings. The fourth-order valence-electron chi connectivity index (χ4n) is 0. The van der Waals surface area contributed by atoms with Crippen LogP contribution in [0.3, 0.4) is 0 Å². The molecule has 0 aromatic carbocycles. The first-order chi connectivity index (χ1) is 4.15. The minimum absolute atomic E-state index is 1.75. The molecule has 9 heavy (non-hydrogen) atoms. The Kier molecular flexibility index (Phi) is 48.7. The maximum Gasteiger partial charge on any atom is 0.503 e. The van der Waals surface area contributed by atoms with E-state index in [4.69, 9.17) is 15.0 Å². The third-order valence-electron chi connectivity index (χ3n) is 0. The van der Waals surface area contributed by atoms with Gasteiger partial charge in [0, 0.05) is 0 Å². The summed E-state index contributed by atoms with van der Waals surface area (Å²) >= 11 is 0. The molecule has 2 N–H and O–H groups in total. The van der Waals surface area contributed by atoms with Crippen LogP contribution < -0.4 is 0 Å². The molecule has 0 bridgehead atoms. The Labute approximate surface area is 55.6 Å². The third-order valence-corrected chi connectivity index (χ3v) is 0. The quantitative estimate of drug-likeness (QED) is 0.500. The lowest BCUT2D eigenvalue weighted by atomic mass is 10.8. The molecule has 0 unspecified atom stereocenters. The summed E-state index contributed by atoms with van der Waals surface area (Å²) in [7, 11) is 0. The number of carboxylic acid groups (broad SMARTS) is 2. The summed E-state index contributed by atoms with van der Waals surface area (Å²) in [5.41, 5.74) is 0. The van der Waals surface area contributed by atoms with E-state index in [-0.39, 0.29) is 0 Å². The minimum atomic E-state index is -1.83. The summed E-state index contributed by atoms with van der Waals surface area (Å²) in [6, 6.07) is 0. The Morgan fingerprint density at radius 1 is 1.44 bits per heavy atom. The van der Waals surface area contributed by atoms with Gasteiger partial charge in [0.05, 0.1) is 0 Å². The topological polar surface area (TPSA) is 57.5 Å². The molecule has 0 aliphatic carbocycles. The van der Waals surface area contributed by atoms with Crippen LogP contribution in [0.2, 0.25) is 0 Å². The average Bonchev–Trinajstić information content (AvgIpc) is 1.71. The van der Waals surface area contributed by atoms with Crippen molar-refractivity contribution in [1.82, 2.24) is 0 Å². The van der Waals surface area contributed by atoms with Crippen LogP contribution in [0.25, 0.3) is 0 Å². The van der Waals surface area contributed by atoms with Gasteiger partial charge in [-0.1, -0.05) is 19.9 Å². The highest BCUT2D eigenvalue weighted by atomic mass is 16.6. The molecule has 0 rings (SSSR count). The zero-order valence-corrected chi connectivity index (χ0v) is 6.09. The van der Waals surface area contributed by atoms with Crippen LogP contribution in [0.4, 0.5) is 4.79 Å². The first-order valence-corrected chi connectivity index (χ1v) is 2.64. The van der Waals surface area contributed by atoms with Gasteiger partial charge >= 0.3 is 6.16 Å². The van der Waals surface area contributed by atoms with Crippen LogP contribution >= 0.6 is 0 Å². The Bertz CT molecular complexity index is 55.3. The second-order valence-corrected chi connectivity index (χ2v) is 0.691. The summed E-state index contributed by atoms with van der Waals surface area (Å²) < 4.78 is 0. The van der Waals surface area contributed by atoms with Crippen molar-refractivity contribution in [2.24, 2.45) is 0 Å². The molecular formula is C6H14O3. The predicted octanol–water partition coefficient (Wildman–Crippen LogP) is 2.44. The van der Waals surface area contributed by atoms with E-state index in [2.05, 4.69) is 6.58 Å². The molecule has 0 fully saturated rings. The van der Waals surface area contributed by atoms with E-state index >= 15 is 0 Å². The van der Waals surface area contributed by atoms with Gasteiger partial charge in [-0.2, -0.15) is 0 Å². The van der Waals surface area contributed by atoms with E-state index in [1.54, 1.807) is 6.08 Å². The van der Waals surface area contributed by atoms with Crippen molar-refractivity contribution in [3.8, 4) is 0 Å². The summed E-state index contributed by atoms with van der Waals surface area (Å²) in [6.45, 7) is 9.25. The zero-order valence-electron chi connectivity index (χ0n) is 6.09. The van der Waals surface area contributed by atoms with Crippen LogP contribution in [0.5, 0.6) is 0 Å². The molecule has 0 amide bonds. The van der Waals surface area contributed by atoms with E-state index in [1.807, 2.05) is 20.8 Å². The number of hydrogen-bond donors (Lipinski definition) is 2. The Balaban J connectivity index is -0.0000000646. The number of carbonyl (C=O) groups is 1. The minimum Gasteiger partial charge on any atom is -0.450 e. The van der Waals surface area contributed by atoms with Crippen molar-refractivity contribution < 1.29 is 15.0 Å². The zero-order chi connectivity index (χ0) is 8.28. The van der Waals surface area contributed by atoms with E-state index < -0.39 is 6.16 Å². The standard InChI is InChI=1S/C3H6.C2H6.CH2O3/c1-3-2;1-2;2-1(3)4/h3H,1H2,2H3;1-2H3;(H2,2,3,4). The van der Waals surface area contributed by atoms with Gasteiger partial charge < -0.3 is 10.2 Å². The van der Waals surface area contributed by atoms with Crippen LogP contribution in [-0.2, 0) is 0 Å². The number of hydrogen-bond acceptors (Lipinski definition) is 1. The van der Waals surface area contributed by atoms with E-state index in [9.17, 15) is 0 Å².